The number of halogens is 1. The predicted octanol–water partition coefficient (Wildman–Crippen LogP) is 5.68. The highest BCUT2D eigenvalue weighted by atomic mass is 79.9. The lowest BCUT2D eigenvalue weighted by molar-refractivity contribution is -0.0782. The van der Waals surface area contributed by atoms with Crippen LogP contribution in [0.4, 0.5) is 0 Å². The molecule has 0 amide bonds. The van der Waals surface area contributed by atoms with Crippen molar-refractivity contribution in [3.63, 3.8) is 0 Å². The first-order valence-electron chi connectivity index (χ1n) is 8.32. The summed E-state index contributed by atoms with van der Waals surface area (Å²) in [5.41, 5.74) is 1.34. The number of hydrogen-bond donors (Lipinski definition) is 1. The fourth-order valence-electron chi connectivity index (χ4n) is 3.50. The van der Waals surface area contributed by atoms with Crippen molar-refractivity contribution >= 4 is 27.3 Å². The Hall–Kier alpha value is 0.1000. The van der Waals surface area contributed by atoms with Crippen molar-refractivity contribution in [1.29, 1.82) is 0 Å². The van der Waals surface area contributed by atoms with E-state index in [0.717, 1.165) is 19.6 Å². The summed E-state index contributed by atoms with van der Waals surface area (Å²) in [4.78, 5) is 0. The fraction of sp³-hybridized carbons (Fsp3) is 0.765. The third kappa shape index (κ3) is 4.31. The molecule has 4 heteroatoms. The Balaban J connectivity index is 2.31. The van der Waals surface area contributed by atoms with Crippen LogP contribution in [0.25, 0.3) is 0 Å². The summed E-state index contributed by atoms with van der Waals surface area (Å²) in [6.07, 6.45) is 8.76. The fourth-order valence-corrected chi connectivity index (χ4v) is 5.05. The van der Waals surface area contributed by atoms with Crippen molar-refractivity contribution in [3.05, 3.63) is 20.8 Å². The molecule has 21 heavy (non-hydrogen) atoms. The molecule has 120 valence electrons. The molecule has 2 rings (SSSR count). The highest BCUT2D eigenvalue weighted by Crippen LogP contribution is 2.43. The summed E-state index contributed by atoms with van der Waals surface area (Å²) in [6, 6.07) is 0.302. The molecule has 2 nitrogen and oxygen atoms in total. The molecule has 1 unspecified atom stereocenters. The lowest BCUT2D eigenvalue weighted by atomic mass is 9.82. The van der Waals surface area contributed by atoms with E-state index in [2.05, 4.69) is 45.9 Å². The summed E-state index contributed by atoms with van der Waals surface area (Å²) < 4.78 is 7.64. The van der Waals surface area contributed by atoms with Crippen molar-refractivity contribution in [3.8, 4) is 0 Å². The topological polar surface area (TPSA) is 21.3 Å². The zero-order chi connectivity index (χ0) is 15.1. The molecule has 0 spiro atoms. The number of nitrogens with one attached hydrogen (secondary N) is 1. The van der Waals surface area contributed by atoms with Gasteiger partial charge in [-0.15, -0.1) is 0 Å². The van der Waals surface area contributed by atoms with E-state index in [1.54, 1.807) is 11.3 Å². The summed E-state index contributed by atoms with van der Waals surface area (Å²) >= 11 is 5.51. The number of thiophene rings is 1. The molecule has 1 N–H and O–H groups in total. The van der Waals surface area contributed by atoms with Crippen LogP contribution in [0, 0.1) is 0 Å². The Morgan fingerprint density at radius 1 is 1.24 bits per heavy atom. The third-order valence-corrected chi connectivity index (χ3v) is 6.21. The molecular weight excluding hydrogens is 346 g/mol. The largest absolute Gasteiger partial charge is 0.373 e. The van der Waals surface area contributed by atoms with E-state index < -0.39 is 0 Å². The van der Waals surface area contributed by atoms with Gasteiger partial charge in [0.2, 0.25) is 0 Å². The van der Waals surface area contributed by atoms with Gasteiger partial charge in [-0.1, -0.05) is 32.6 Å². The van der Waals surface area contributed by atoms with E-state index in [-0.39, 0.29) is 5.60 Å². The van der Waals surface area contributed by atoms with Crippen molar-refractivity contribution in [2.24, 2.45) is 0 Å². The van der Waals surface area contributed by atoms with Crippen LogP contribution in [0.5, 0.6) is 0 Å². The van der Waals surface area contributed by atoms with E-state index in [1.807, 2.05) is 0 Å². The first kappa shape index (κ1) is 17.5. The Bertz CT molecular complexity index is 413. The van der Waals surface area contributed by atoms with Gasteiger partial charge in [-0.05, 0) is 59.6 Å². The molecule has 1 aliphatic rings. The molecule has 0 aliphatic heterocycles. The molecule has 1 aromatic rings. The van der Waals surface area contributed by atoms with Crippen LogP contribution >= 0.6 is 27.3 Å². The Kier molecular flexibility index (Phi) is 7.20. The van der Waals surface area contributed by atoms with Gasteiger partial charge in [0, 0.05) is 16.5 Å². The number of hydrogen-bond acceptors (Lipinski definition) is 3. The summed E-state index contributed by atoms with van der Waals surface area (Å²) in [7, 11) is 0. The Morgan fingerprint density at radius 3 is 2.48 bits per heavy atom. The standard InChI is InChI=1S/C17H28BrNOS/c1-3-11-19-16(14-12-21-13-15(14)18)17(20-4-2)9-7-5-6-8-10-17/h12-13,16,19H,3-11H2,1-2H3. The van der Waals surface area contributed by atoms with Crippen LogP contribution in [-0.2, 0) is 4.74 Å². The van der Waals surface area contributed by atoms with Crippen molar-refractivity contribution in [2.45, 2.75) is 70.4 Å². The van der Waals surface area contributed by atoms with E-state index >= 15 is 0 Å². The molecule has 1 atom stereocenters. The quantitative estimate of drug-likeness (QED) is 0.620. The highest BCUT2D eigenvalue weighted by Gasteiger charge is 2.41. The van der Waals surface area contributed by atoms with Gasteiger partial charge in [0.25, 0.3) is 0 Å². The van der Waals surface area contributed by atoms with Gasteiger partial charge < -0.3 is 10.1 Å². The van der Waals surface area contributed by atoms with E-state index in [0.29, 0.717) is 6.04 Å². The summed E-state index contributed by atoms with van der Waals surface area (Å²) in [5, 5.41) is 8.26. The average molecular weight is 374 g/mol. The predicted molar refractivity (Wildman–Crippen MR) is 95.1 cm³/mol. The number of rotatable bonds is 7. The molecule has 1 aromatic heterocycles. The SMILES string of the molecule is CCCNC(c1cscc1Br)C1(OCC)CCCCCC1. The third-order valence-electron chi connectivity index (χ3n) is 4.46. The van der Waals surface area contributed by atoms with Crippen LogP contribution in [0.15, 0.2) is 15.2 Å². The molecule has 0 saturated heterocycles. The van der Waals surface area contributed by atoms with E-state index in [1.165, 1.54) is 48.6 Å². The van der Waals surface area contributed by atoms with E-state index in [9.17, 15) is 0 Å². The normalized spacial score (nSPS) is 20.1. The second-order valence-corrected chi connectivity index (χ2v) is 7.57. The minimum atomic E-state index is -0.0377. The molecule has 1 heterocycles. The molecule has 0 aromatic carbocycles. The maximum absolute atomic E-state index is 6.41. The Labute approximate surface area is 141 Å². The smallest absolute Gasteiger partial charge is 0.0876 e. The molecule has 0 bridgehead atoms. The minimum Gasteiger partial charge on any atom is -0.373 e. The molecular formula is C17H28BrNOS. The minimum absolute atomic E-state index is 0.0377. The first-order valence-corrected chi connectivity index (χ1v) is 10.1. The maximum atomic E-state index is 6.41. The van der Waals surface area contributed by atoms with Gasteiger partial charge in [-0.25, -0.2) is 0 Å². The van der Waals surface area contributed by atoms with Crippen LogP contribution < -0.4 is 5.32 Å². The molecule has 1 saturated carbocycles. The van der Waals surface area contributed by atoms with Gasteiger partial charge in [0.05, 0.1) is 11.6 Å². The molecule has 1 aliphatic carbocycles. The van der Waals surface area contributed by atoms with Crippen LogP contribution in [0.2, 0.25) is 0 Å². The zero-order valence-corrected chi connectivity index (χ0v) is 15.7. The molecule has 0 radical (unpaired) electrons. The van der Waals surface area contributed by atoms with Crippen molar-refractivity contribution in [1.82, 2.24) is 5.32 Å². The van der Waals surface area contributed by atoms with Crippen molar-refractivity contribution < 1.29 is 4.74 Å². The number of ether oxygens (including phenoxy) is 1. The first-order chi connectivity index (χ1) is 10.2. The maximum Gasteiger partial charge on any atom is 0.0876 e. The van der Waals surface area contributed by atoms with Crippen LogP contribution in [-0.4, -0.2) is 18.8 Å². The van der Waals surface area contributed by atoms with Gasteiger partial charge in [-0.3, -0.25) is 0 Å². The second kappa shape index (κ2) is 8.66. The molecule has 1 fully saturated rings. The van der Waals surface area contributed by atoms with Crippen molar-refractivity contribution in [2.75, 3.05) is 13.2 Å². The summed E-state index contributed by atoms with van der Waals surface area (Å²) in [6.45, 7) is 6.20. The average Bonchev–Trinajstić information content (AvgIpc) is 2.75. The van der Waals surface area contributed by atoms with E-state index in [4.69, 9.17) is 4.74 Å². The summed E-state index contributed by atoms with van der Waals surface area (Å²) in [5.74, 6) is 0. The lowest BCUT2D eigenvalue weighted by Gasteiger charge is -2.41. The zero-order valence-electron chi connectivity index (χ0n) is 13.3. The van der Waals surface area contributed by atoms with Crippen LogP contribution in [0.3, 0.4) is 0 Å². The van der Waals surface area contributed by atoms with Gasteiger partial charge >= 0.3 is 0 Å². The van der Waals surface area contributed by atoms with Gasteiger partial charge in [-0.2, -0.15) is 11.3 Å². The monoisotopic (exact) mass is 373 g/mol. The Morgan fingerprint density at radius 2 is 1.95 bits per heavy atom. The van der Waals surface area contributed by atoms with Gasteiger partial charge in [0.1, 0.15) is 0 Å². The van der Waals surface area contributed by atoms with Crippen LogP contribution in [0.1, 0.15) is 70.4 Å². The second-order valence-electron chi connectivity index (χ2n) is 5.97. The lowest BCUT2D eigenvalue weighted by Crippen LogP contribution is -2.46. The highest BCUT2D eigenvalue weighted by molar-refractivity contribution is 9.10. The van der Waals surface area contributed by atoms with Gasteiger partial charge in [0.15, 0.2) is 0 Å².